The molecule has 0 bridgehead atoms. The first-order chi connectivity index (χ1) is 10.7. The van der Waals surface area contributed by atoms with E-state index in [2.05, 4.69) is 31.8 Å². The molecule has 1 aliphatic heterocycles. The molecule has 0 spiro atoms. The van der Waals surface area contributed by atoms with Crippen molar-refractivity contribution in [1.82, 2.24) is 4.31 Å². The zero-order chi connectivity index (χ0) is 16.8. The standard InChI is InChI=1S/C18H25NO2SSi/c1-14-8-10-16(11-9-14)22(20,21)19-12-15-6-5-7-18(17(15)13-19)23(2,3)4/h5-6,8-11,15H,7,12-13H2,1-4H3. The van der Waals surface area contributed by atoms with E-state index in [4.69, 9.17) is 0 Å². The molecule has 0 aromatic heterocycles. The third kappa shape index (κ3) is 3.10. The van der Waals surface area contributed by atoms with Crippen molar-refractivity contribution >= 4 is 18.1 Å². The van der Waals surface area contributed by atoms with Crippen LogP contribution < -0.4 is 0 Å². The Hall–Kier alpha value is -1.17. The molecular weight excluding hydrogens is 322 g/mol. The molecule has 1 aromatic rings. The summed E-state index contributed by atoms with van der Waals surface area (Å²) in [5.74, 6) is 0.269. The lowest BCUT2D eigenvalue weighted by atomic mass is 9.96. The summed E-state index contributed by atoms with van der Waals surface area (Å²) in [5.41, 5.74) is 2.44. The third-order valence-electron chi connectivity index (χ3n) is 4.84. The lowest BCUT2D eigenvalue weighted by Gasteiger charge is -2.27. The summed E-state index contributed by atoms with van der Waals surface area (Å²) < 4.78 is 27.5. The van der Waals surface area contributed by atoms with Crippen LogP contribution in [0.4, 0.5) is 0 Å². The van der Waals surface area contributed by atoms with Gasteiger partial charge in [-0.3, -0.25) is 0 Å². The summed E-state index contributed by atoms with van der Waals surface area (Å²) in [4.78, 5) is 0.404. The van der Waals surface area contributed by atoms with Gasteiger partial charge in [-0.25, -0.2) is 8.42 Å². The average molecular weight is 348 g/mol. The summed E-state index contributed by atoms with van der Waals surface area (Å²) in [6.45, 7) is 10.2. The molecule has 0 N–H and O–H groups in total. The smallest absolute Gasteiger partial charge is 0.207 e. The number of fused-ring (bicyclic) bond motifs is 1. The summed E-state index contributed by atoms with van der Waals surface area (Å²) in [6.07, 6.45) is 5.42. The molecule has 1 fully saturated rings. The Kier molecular flexibility index (Phi) is 4.15. The van der Waals surface area contributed by atoms with Crippen molar-refractivity contribution < 1.29 is 8.42 Å². The first kappa shape index (κ1) is 16.7. The van der Waals surface area contributed by atoms with Crippen molar-refractivity contribution in [2.75, 3.05) is 13.1 Å². The normalized spacial score (nSPS) is 22.5. The molecule has 1 aliphatic carbocycles. The first-order valence-corrected chi connectivity index (χ1v) is 13.1. The molecule has 1 heterocycles. The monoisotopic (exact) mass is 347 g/mol. The summed E-state index contributed by atoms with van der Waals surface area (Å²) >= 11 is 0. The van der Waals surface area contributed by atoms with Crippen LogP contribution in [-0.4, -0.2) is 33.9 Å². The largest absolute Gasteiger partial charge is 0.243 e. The highest BCUT2D eigenvalue weighted by Gasteiger charge is 2.39. The minimum Gasteiger partial charge on any atom is -0.207 e. The molecular formula is C18H25NO2SSi. The van der Waals surface area contributed by atoms with Gasteiger partial charge in [0.15, 0.2) is 0 Å². The molecule has 1 aromatic carbocycles. The van der Waals surface area contributed by atoms with Crippen molar-refractivity contribution in [1.29, 1.82) is 0 Å². The van der Waals surface area contributed by atoms with Gasteiger partial charge in [-0.1, -0.05) is 60.3 Å². The fraction of sp³-hybridized carbons (Fsp3) is 0.444. The van der Waals surface area contributed by atoms with Gasteiger partial charge >= 0.3 is 0 Å². The first-order valence-electron chi connectivity index (χ1n) is 8.15. The highest BCUT2D eigenvalue weighted by atomic mass is 32.2. The Labute approximate surface area is 140 Å². The molecule has 0 radical (unpaired) electrons. The number of hydrogen-bond donors (Lipinski definition) is 0. The summed E-state index contributed by atoms with van der Waals surface area (Å²) in [6, 6.07) is 7.16. The van der Waals surface area contributed by atoms with E-state index in [-0.39, 0.29) is 5.92 Å². The van der Waals surface area contributed by atoms with Crippen molar-refractivity contribution in [2.45, 2.75) is 37.9 Å². The van der Waals surface area contributed by atoms with Crippen LogP contribution in [0.1, 0.15) is 12.0 Å². The second-order valence-corrected chi connectivity index (χ2v) is 14.6. The Morgan fingerprint density at radius 2 is 1.78 bits per heavy atom. The Bertz CT molecular complexity index is 770. The highest BCUT2D eigenvalue weighted by molar-refractivity contribution is 7.89. The molecule has 5 heteroatoms. The molecule has 23 heavy (non-hydrogen) atoms. The number of rotatable bonds is 3. The van der Waals surface area contributed by atoms with E-state index in [9.17, 15) is 8.42 Å². The van der Waals surface area contributed by atoms with E-state index in [1.807, 2.05) is 19.1 Å². The van der Waals surface area contributed by atoms with Crippen LogP contribution in [0.3, 0.4) is 0 Å². The van der Waals surface area contributed by atoms with Crippen molar-refractivity contribution in [2.24, 2.45) is 5.92 Å². The summed E-state index contributed by atoms with van der Waals surface area (Å²) in [7, 11) is -4.81. The quantitative estimate of drug-likeness (QED) is 0.617. The van der Waals surface area contributed by atoms with Crippen molar-refractivity contribution in [3.05, 3.63) is 52.8 Å². The van der Waals surface area contributed by atoms with Gasteiger partial charge in [-0.15, -0.1) is 0 Å². The maximum atomic E-state index is 12.9. The molecule has 124 valence electrons. The SMILES string of the molecule is Cc1ccc(S(=O)(=O)N2CC3=C([Si](C)(C)C)CC=CC3C2)cc1. The fourth-order valence-electron chi connectivity index (χ4n) is 3.51. The van der Waals surface area contributed by atoms with Crippen LogP contribution in [0.25, 0.3) is 0 Å². The fourth-order valence-corrected chi connectivity index (χ4v) is 6.91. The van der Waals surface area contributed by atoms with E-state index in [0.717, 1.165) is 12.0 Å². The summed E-state index contributed by atoms with van der Waals surface area (Å²) in [5, 5.41) is 1.53. The van der Waals surface area contributed by atoms with Crippen LogP contribution in [0.5, 0.6) is 0 Å². The number of aryl methyl sites for hydroxylation is 1. The number of benzene rings is 1. The zero-order valence-corrected chi connectivity index (χ0v) is 16.2. The average Bonchev–Trinajstić information content (AvgIpc) is 2.91. The minimum atomic E-state index is -3.40. The van der Waals surface area contributed by atoms with E-state index in [0.29, 0.717) is 18.0 Å². The number of allylic oxidation sites excluding steroid dienone is 2. The molecule has 0 saturated carbocycles. The van der Waals surface area contributed by atoms with E-state index in [1.165, 1.54) is 10.8 Å². The van der Waals surface area contributed by atoms with E-state index >= 15 is 0 Å². The number of hydrogen-bond acceptors (Lipinski definition) is 2. The predicted molar refractivity (Wildman–Crippen MR) is 97.6 cm³/mol. The van der Waals surface area contributed by atoms with Gasteiger partial charge < -0.3 is 0 Å². The number of sulfonamides is 1. The molecule has 1 unspecified atom stereocenters. The van der Waals surface area contributed by atoms with Gasteiger partial charge in [0.25, 0.3) is 0 Å². The van der Waals surface area contributed by atoms with Gasteiger partial charge in [0.1, 0.15) is 0 Å². The second kappa shape index (κ2) is 5.72. The minimum absolute atomic E-state index is 0.269. The lowest BCUT2D eigenvalue weighted by molar-refractivity contribution is 0.471. The maximum Gasteiger partial charge on any atom is 0.243 e. The highest BCUT2D eigenvalue weighted by Crippen LogP contribution is 2.38. The van der Waals surface area contributed by atoms with Crippen molar-refractivity contribution in [3.63, 3.8) is 0 Å². The van der Waals surface area contributed by atoms with Crippen LogP contribution in [0, 0.1) is 12.8 Å². The van der Waals surface area contributed by atoms with Crippen molar-refractivity contribution in [3.8, 4) is 0 Å². The Morgan fingerprint density at radius 3 is 2.39 bits per heavy atom. The maximum absolute atomic E-state index is 12.9. The Balaban J connectivity index is 1.95. The van der Waals surface area contributed by atoms with Crippen LogP contribution >= 0.6 is 0 Å². The van der Waals surface area contributed by atoms with Gasteiger partial charge in [0, 0.05) is 19.0 Å². The second-order valence-electron chi connectivity index (χ2n) is 7.60. The van der Waals surface area contributed by atoms with Gasteiger partial charge in [-0.2, -0.15) is 4.31 Å². The predicted octanol–water partition coefficient (Wildman–Crippen LogP) is 3.75. The molecule has 3 nitrogen and oxygen atoms in total. The Morgan fingerprint density at radius 1 is 1.13 bits per heavy atom. The van der Waals surface area contributed by atoms with E-state index < -0.39 is 18.1 Å². The molecule has 1 atom stereocenters. The molecule has 3 rings (SSSR count). The topological polar surface area (TPSA) is 37.4 Å². The van der Waals surface area contributed by atoms with Crippen LogP contribution in [-0.2, 0) is 10.0 Å². The molecule has 1 saturated heterocycles. The van der Waals surface area contributed by atoms with E-state index in [1.54, 1.807) is 16.4 Å². The van der Waals surface area contributed by atoms with Gasteiger partial charge in [0.2, 0.25) is 10.0 Å². The van der Waals surface area contributed by atoms with Crippen LogP contribution in [0.2, 0.25) is 19.6 Å². The van der Waals surface area contributed by atoms with Gasteiger partial charge in [0.05, 0.1) is 13.0 Å². The number of nitrogens with zero attached hydrogens (tertiary/aromatic N) is 1. The van der Waals surface area contributed by atoms with Crippen LogP contribution in [0.15, 0.2) is 52.1 Å². The lowest BCUT2D eigenvalue weighted by Crippen LogP contribution is -2.29. The third-order valence-corrected chi connectivity index (χ3v) is 9.00. The zero-order valence-electron chi connectivity index (χ0n) is 14.3. The van der Waals surface area contributed by atoms with Gasteiger partial charge in [-0.05, 0) is 25.5 Å². The molecule has 2 aliphatic rings. The molecule has 0 amide bonds.